The molecule has 5 nitrogen and oxygen atoms in total. The third-order valence-corrected chi connectivity index (χ3v) is 6.70. The van der Waals surface area contributed by atoms with Crippen molar-refractivity contribution in [1.29, 1.82) is 5.26 Å². The van der Waals surface area contributed by atoms with E-state index in [0.717, 1.165) is 19.3 Å². The van der Waals surface area contributed by atoms with Gasteiger partial charge in [-0.25, -0.2) is 0 Å². The van der Waals surface area contributed by atoms with Gasteiger partial charge in [-0.05, 0) is 49.4 Å². The number of hydrogen-bond acceptors (Lipinski definition) is 5. The van der Waals surface area contributed by atoms with Crippen molar-refractivity contribution in [2.75, 3.05) is 39.6 Å². The van der Waals surface area contributed by atoms with Gasteiger partial charge in [-0.1, -0.05) is 25.5 Å². The van der Waals surface area contributed by atoms with Crippen molar-refractivity contribution in [2.45, 2.75) is 64.6 Å². The summed E-state index contributed by atoms with van der Waals surface area (Å²) in [5.41, 5.74) is 1.00. The maximum atomic E-state index is 9.50. The lowest BCUT2D eigenvalue weighted by Gasteiger charge is -2.43. The molecule has 0 spiro atoms. The third-order valence-electron chi connectivity index (χ3n) is 6.08. The monoisotopic (exact) mass is 449 g/mol. The lowest BCUT2D eigenvalue weighted by molar-refractivity contribution is -0.191. The molecule has 0 N–H and O–H groups in total. The highest BCUT2D eigenvalue weighted by Crippen LogP contribution is 2.42. The first-order valence-electron chi connectivity index (χ1n) is 10.3. The molecule has 29 heavy (non-hydrogen) atoms. The minimum absolute atomic E-state index is 0.129. The summed E-state index contributed by atoms with van der Waals surface area (Å²) < 4.78 is 22.1. The van der Waals surface area contributed by atoms with Gasteiger partial charge in [0.25, 0.3) is 0 Å². The fourth-order valence-electron chi connectivity index (χ4n) is 4.29. The summed E-state index contributed by atoms with van der Waals surface area (Å²) in [4.78, 5) is 0. The van der Waals surface area contributed by atoms with Gasteiger partial charge in [-0.15, -0.1) is 23.2 Å². The van der Waals surface area contributed by atoms with Crippen LogP contribution in [0.15, 0.2) is 11.6 Å². The van der Waals surface area contributed by atoms with Crippen LogP contribution in [0.4, 0.5) is 0 Å². The molecule has 0 aromatic rings. The third kappa shape index (κ3) is 8.36. The molecule has 168 valence electrons. The van der Waals surface area contributed by atoms with Crippen LogP contribution < -0.4 is 0 Å². The summed E-state index contributed by atoms with van der Waals surface area (Å²) in [7, 11) is 3.16. The van der Waals surface area contributed by atoms with E-state index in [2.05, 4.69) is 26.0 Å². The first kappa shape index (κ1) is 26.7. The van der Waals surface area contributed by atoms with E-state index in [1.807, 2.05) is 0 Å². The summed E-state index contributed by atoms with van der Waals surface area (Å²) in [5.74, 6) is 1.49. The normalized spacial score (nSPS) is 20.6. The van der Waals surface area contributed by atoms with Crippen LogP contribution >= 0.6 is 23.2 Å². The van der Waals surface area contributed by atoms with Crippen molar-refractivity contribution >= 4 is 23.2 Å². The van der Waals surface area contributed by atoms with Crippen LogP contribution in [0.1, 0.15) is 52.4 Å². The van der Waals surface area contributed by atoms with Gasteiger partial charge in [0.1, 0.15) is 19.7 Å². The number of alkyl halides is 2. The molecule has 0 bridgehead atoms. The minimum Gasteiger partial charge on any atom is -0.359 e. The molecule has 0 radical (unpaired) electrons. The van der Waals surface area contributed by atoms with Crippen LogP contribution in [0.5, 0.6) is 0 Å². The number of ether oxygens (including phenoxy) is 4. The number of hydrogen-bond donors (Lipinski definition) is 0. The maximum Gasteiger partial charge on any atom is 0.146 e. The Morgan fingerprint density at radius 1 is 1.21 bits per heavy atom. The van der Waals surface area contributed by atoms with Crippen LogP contribution in [0.2, 0.25) is 0 Å². The molecule has 1 aliphatic rings. The molecule has 4 atom stereocenters. The highest BCUT2D eigenvalue weighted by molar-refractivity contribution is 6.19. The fourth-order valence-corrected chi connectivity index (χ4v) is 4.87. The largest absolute Gasteiger partial charge is 0.359 e. The first-order chi connectivity index (χ1) is 14.0. The molecule has 0 amide bonds. The average Bonchev–Trinajstić information content (AvgIpc) is 2.73. The first-order valence-corrected chi connectivity index (χ1v) is 11.4. The topological polar surface area (TPSA) is 60.7 Å². The molecule has 0 fully saturated rings. The Bertz CT molecular complexity index is 521. The summed E-state index contributed by atoms with van der Waals surface area (Å²) in [6.07, 6.45) is 7.48. The van der Waals surface area contributed by atoms with E-state index in [1.165, 1.54) is 18.4 Å². The SMILES string of the molecule is COCO[C@H](CCl)[C@H](OCOC)C(C)(C)[C@@H](CC#N)CC[C@H]1CCCC=C1CCl. The molecule has 0 aliphatic heterocycles. The molecule has 0 saturated heterocycles. The molecular weight excluding hydrogens is 413 g/mol. The molecule has 7 heteroatoms. The molecule has 0 aromatic carbocycles. The van der Waals surface area contributed by atoms with Crippen LogP contribution in [0, 0.1) is 28.6 Å². The van der Waals surface area contributed by atoms with E-state index in [9.17, 15) is 5.26 Å². The van der Waals surface area contributed by atoms with E-state index in [1.54, 1.807) is 14.2 Å². The second kappa shape index (κ2) is 14.6. The number of rotatable bonds is 15. The van der Waals surface area contributed by atoms with Gasteiger partial charge in [0.05, 0.1) is 18.1 Å². The van der Waals surface area contributed by atoms with Gasteiger partial charge < -0.3 is 18.9 Å². The van der Waals surface area contributed by atoms with Crippen LogP contribution in [0.25, 0.3) is 0 Å². The van der Waals surface area contributed by atoms with Gasteiger partial charge in [-0.3, -0.25) is 0 Å². The lowest BCUT2D eigenvalue weighted by atomic mass is 9.68. The van der Waals surface area contributed by atoms with E-state index in [-0.39, 0.29) is 43.0 Å². The Morgan fingerprint density at radius 3 is 2.48 bits per heavy atom. The number of nitriles is 1. The summed E-state index contributed by atoms with van der Waals surface area (Å²) in [6, 6.07) is 2.37. The molecule has 0 saturated carbocycles. The maximum absolute atomic E-state index is 9.50. The number of methoxy groups -OCH3 is 2. The number of nitrogens with zero attached hydrogens (tertiary/aromatic N) is 1. The second-order valence-electron chi connectivity index (χ2n) is 8.26. The van der Waals surface area contributed by atoms with Crippen LogP contribution in [-0.2, 0) is 18.9 Å². The smallest absolute Gasteiger partial charge is 0.146 e. The van der Waals surface area contributed by atoms with Crippen molar-refractivity contribution in [1.82, 2.24) is 0 Å². The van der Waals surface area contributed by atoms with Crippen molar-refractivity contribution < 1.29 is 18.9 Å². The van der Waals surface area contributed by atoms with Crippen molar-refractivity contribution in [3.63, 3.8) is 0 Å². The van der Waals surface area contributed by atoms with Gasteiger partial charge in [-0.2, -0.15) is 5.26 Å². The zero-order chi connectivity index (χ0) is 21.7. The van der Waals surface area contributed by atoms with Crippen molar-refractivity contribution in [2.24, 2.45) is 17.3 Å². The van der Waals surface area contributed by atoms with Gasteiger partial charge in [0.15, 0.2) is 0 Å². The fraction of sp³-hybridized carbons (Fsp3) is 0.864. The van der Waals surface area contributed by atoms with E-state index >= 15 is 0 Å². The highest BCUT2D eigenvalue weighted by atomic mass is 35.5. The van der Waals surface area contributed by atoms with E-state index < -0.39 is 0 Å². The standard InChI is InChI=1S/C22H37Cl2NO4/c1-22(2,21(29-16-27-4)20(14-24)28-15-26-3)19(11-12-25)10-9-17-7-5-6-8-18(17)13-23/h8,17,19-21H,5-7,9-11,13-16H2,1-4H3/t17-,19-,20-,21+/m1/s1. The number of allylic oxidation sites excluding steroid dienone is 2. The lowest BCUT2D eigenvalue weighted by Crippen LogP contribution is -2.48. The zero-order valence-electron chi connectivity index (χ0n) is 18.3. The Labute approximate surface area is 186 Å². The molecular formula is C22H37Cl2NO4. The molecule has 0 aromatic heterocycles. The Kier molecular flexibility index (Phi) is 13.5. The zero-order valence-corrected chi connectivity index (χ0v) is 19.8. The Balaban J connectivity index is 2.97. The molecule has 0 heterocycles. The predicted molar refractivity (Wildman–Crippen MR) is 117 cm³/mol. The van der Waals surface area contributed by atoms with E-state index in [0.29, 0.717) is 18.2 Å². The van der Waals surface area contributed by atoms with Gasteiger partial charge in [0.2, 0.25) is 0 Å². The van der Waals surface area contributed by atoms with Gasteiger partial charge >= 0.3 is 0 Å². The highest BCUT2D eigenvalue weighted by Gasteiger charge is 2.43. The summed E-state index contributed by atoms with van der Waals surface area (Å²) >= 11 is 12.4. The van der Waals surface area contributed by atoms with Crippen LogP contribution in [-0.4, -0.2) is 51.8 Å². The molecule has 1 rings (SSSR count). The van der Waals surface area contributed by atoms with Crippen molar-refractivity contribution in [3.05, 3.63) is 11.6 Å². The van der Waals surface area contributed by atoms with E-state index in [4.69, 9.17) is 42.1 Å². The summed E-state index contributed by atoms with van der Waals surface area (Å²) in [5, 5.41) is 9.50. The summed E-state index contributed by atoms with van der Waals surface area (Å²) in [6.45, 7) is 4.53. The van der Waals surface area contributed by atoms with Crippen molar-refractivity contribution in [3.8, 4) is 6.07 Å². The Morgan fingerprint density at radius 2 is 1.90 bits per heavy atom. The number of halogens is 2. The minimum atomic E-state index is -0.365. The van der Waals surface area contributed by atoms with Gasteiger partial charge in [0, 0.05) is 26.5 Å². The second-order valence-corrected chi connectivity index (χ2v) is 8.83. The quantitative estimate of drug-likeness (QED) is 0.187. The Hall–Kier alpha value is -0.350. The average molecular weight is 450 g/mol. The predicted octanol–water partition coefficient (Wildman–Crippen LogP) is 5.50. The van der Waals surface area contributed by atoms with Crippen LogP contribution in [0.3, 0.4) is 0 Å². The molecule has 1 aliphatic carbocycles. The molecule has 0 unspecified atom stereocenters.